The number of nitrogens with zero attached hydrogens (tertiary/aromatic N) is 1. The van der Waals surface area contributed by atoms with E-state index in [2.05, 4.69) is 5.92 Å². The zero-order valence-electron chi connectivity index (χ0n) is 16.6. The van der Waals surface area contributed by atoms with Crippen LogP contribution in [0.2, 0.25) is 0 Å². The molecule has 0 aliphatic heterocycles. The fourth-order valence-electron chi connectivity index (χ4n) is 3.34. The van der Waals surface area contributed by atoms with Crippen molar-refractivity contribution in [1.29, 1.82) is 0 Å². The molecule has 1 fully saturated rings. The van der Waals surface area contributed by atoms with Crippen LogP contribution in [0, 0.1) is 25.2 Å². The second-order valence-corrected chi connectivity index (χ2v) is 9.92. The number of sulfonamides is 1. The Balaban J connectivity index is 2.49. The minimum absolute atomic E-state index is 0.0371. The molecule has 0 aromatic heterocycles. The van der Waals surface area contributed by atoms with Gasteiger partial charge in [0.15, 0.2) is 0 Å². The van der Waals surface area contributed by atoms with Gasteiger partial charge in [-0.15, -0.1) is 6.42 Å². The van der Waals surface area contributed by atoms with Gasteiger partial charge in [0.05, 0.1) is 4.90 Å². The third kappa shape index (κ3) is 5.26. The van der Waals surface area contributed by atoms with Crippen molar-refractivity contribution < 1.29 is 17.9 Å². The zero-order chi connectivity index (χ0) is 20.2. The van der Waals surface area contributed by atoms with Gasteiger partial charge in [0, 0.05) is 0 Å². The Morgan fingerprint density at radius 3 is 2.22 bits per heavy atom. The summed E-state index contributed by atoms with van der Waals surface area (Å²) in [6.07, 6.45) is 9.49. The van der Waals surface area contributed by atoms with Crippen molar-refractivity contribution in [3.63, 3.8) is 0 Å². The first-order chi connectivity index (χ1) is 12.6. The number of amides is 1. The molecule has 5 nitrogen and oxygen atoms in total. The van der Waals surface area contributed by atoms with Gasteiger partial charge in [0.2, 0.25) is 0 Å². The molecular formula is C21H29NO4S. The summed E-state index contributed by atoms with van der Waals surface area (Å²) in [5.74, 6) is 2.51. The molecule has 1 aliphatic carbocycles. The smallest absolute Gasteiger partial charge is 0.425 e. The minimum atomic E-state index is -4.13. The van der Waals surface area contributed by atoms with E-state index in [-0.39, 0.29) is 10.8 Å². The number of carbonyl (C=O) groups is 1. The zero-order valence-corrected chi connectivity index (χ0v) is 17.4. The van der Waals surface area contributed by atoms with E-state index in [1.807, 2.05) is 6.92 Å². The first-order valence-corrected chi connectivity index (χ1v) is 10.8. The summed E-state index contributed by atoms with van der Waals surface area (Å²) < 4.78 is 32.9. The number of rotatable bonds is 4. The van der Waals surface area contributed by atoms with Crippen molar-refractivity contribution in [2.45, 2.75) is 76.3 Å². The quantitative estimate of drug-likeness (QED) is 0.709. The van der Waals surface area contributed by atoms with Gasteiger partial charge in [-0.2, -0.15) is 4.31 Å². The number of benzene rings is 1. The summed E-state index contributed by atoms with van der Waals surface area (Å²) in [7, 11) is -4.13. The normalized spacial score (nSPS) is 17.0. The highest BCUT2D eigenvalue weighted by molar-refractivity contribution is 7.89. The highest BCUT2D eigenvalue weighted by Crippen LogP contribution is 2.32. The summed E-state index contributed by atoms with van der Waals surface area (Å²) in [6, 6.07) is 5.54. The molecule has 0 saturated heterocycles. The highest BCUT2D eigenvalue weighted by atomic mass is 32.2. The number of carbonyl (C=O) groups excluding carboxylic acids is 1. The molecule has 0 heterocycles. The van der Waals surface area contributed by atoms with E-state index in [0.29, 0.717) is 0 Å². The Kier molecular flexibility index (Phi) is 6.59. The number of hydrogen-bond donors (Lipinski definition) is 0. The van der Waals surface area contributed by atoms with Crippen molar-refractivity contribution in [3.05, 3.63) is 29.8 Å². The molecule has 2 rings (SSSR count). The number of terminal acetylenes is 1. The van der Waals surface area contributed by atoms with Gasteiger partial charge in [-0.3, -0.25) is 0 Å². The minimum Gasteiger partial charge on any atom is -0.443 e. The molecule has 1 aromatic rings. The highest BCUT2D eigenvalue weighted by Gasteiger charge is 2.41. The average molecular weight is 392 g/mol. The third-order valence-electron chi connectivity index (χ3n) is 4.67. The van der Waals surface area contributed by atoms with Crippen LogP contribution in [-0.2, 0) is 14.8 Å². The summed E-state index contributed by atoms with van der Waals surface area (Å²) in [4.78, 5) is 13.0. The van der Waals surface area contributed by atoms with Gasteiger partial charge in [-0.05, 0) is 58.6 Å². The van der Waals surface area contributed by atoms with Crippen molar-refractivity contribution in [2.24, 2.45) is 5.92 Å². The van der Waals surface area contributed by atoms with Crippen molar-refractivity contribution >= 4 is 16.1 Å². The maximum Gasteiger partial charge on any atom is 0.425 e. The Morgan fingerprint density at radius 1 is 1.19 bits per heavy atom. The van der Waals surface area contributed by atoms with E-state index in [4.69, 9.17) is 11.2 Å². The molecule has 1 atom stereocenters. The van der Waals surface area contributed by atoms with Crippen molar-refractivity contribution in [2.75, 3.05) is 0 Å². The molecule has 1 amide bonds. The maximum absolute atomic E-state index is 13.3. The van der Waals surface area contributed by atoms with E-state index in [9.17, 15) is 13.2 Å². The van der Waals surface area contributed by atoms with Crippen molar-refractivity contribution in [3.8, 4) is 12.3 Å². The first-order valence-electron chi connectivity index (χ1n) is 9.36. The van der Waals surface area contributed by atoms with Crippen LogP contribution in [0.3, 0.4) is 0 Å². The Bertz CT molecular complexity index is 794. The van der Waals surface area contributed by atoms with E-state index in [1.165, 1.54) is 12.1 Å². The molecule has 1 aliphatic rings. The monoisotopic (exact) mass is 391 g/mol. The van der Waals surface area contributed by atoms with Crippen LogP contribution >= 0.6 is 0 Å². The van der Waals surface area contributed by atoms with E-state index >= 15 is 0 Å². The Hall–Kier alpha value is -2.00. The Morgan fingerprint density at radius 2 is 1.74 bits per heavy atom. The van der Waals surface area contributed by atoms with Crippen LogP contribution in [0.15, 0.2) is 29.2 Å². The molecule has 0 spiro atoms. The van der Waals surface area contributed by atoms with Crippen LogP contribution < -0.4 is 0 Å². The summed E-state index contributed by atoms with van der Waals surface area (Å²) >= 11 is 0. The first kappa shape index (κ1) is 21.3. The lowest BCUT2D eigenvalue weighted by atomic mass is 9.84. The van der Waals surface area contributed by atoms with Gasteiger partial charge in [-0.25, -0.2) is 13.2 Å². The summed E-state index contributed by atoms with van der Waals surface area (Å²) in [5.41, 5.74) is 0.0997. The molecule has 1 unspecified atom stereocenters. The molecule has 0 N–H and O–H groups in total. The lowest BCUT2D eigenvalue weighted by Crippen LogP contribution is -2.49. The number of ether oxygens (including phenoxy) is 1. The molecule has 1 saturated carbocycles. The molecule has 1 aromatic carbocycles. The predicted octanol–water partition coefficient (Wildman–Crippen LogP) is 4.50. The van der Waals surface area contributed by atoms with Gasteiger partial charge in [0.25, 0.3) is 10.0 Å². The van der Waals surface area contributed by atoms with Gasteiger partial charge in [0.1, 0.15) is 11.6 Å². The number of hydrogen-bond acceptors (Lipinski definition) is 4. The van der Waals surface area contributed by atoms with Crippen molar-refractivity contribution in [1.82, 2.24) is 4.31 Å². The molecule has 0 bridgehead atoms. The fourth-order valence-corrected chi connectivity index (χ4v) is 4.81. The molecule has 27 heavy (non-hydrogen) atoms. The van der Waals surface area contributed by atoms with Crippen LogP contribution in [-0.4, -0.2) is 30.5 Å². The van der Waals surface area contributed by atoms with E-state index in [1.54, 1.807) is 32.9 Å². The van der Waals surface area contributed by atoms with Crippen LogP contribution in [0.5, 0.6) is 0 Å². The van der Waals surface area contributed by atoms with E-state index in [0.717, 1.165) is 42.0 Å². The van der Waals surface area contributed by atoms with Gasteiger partial charge >= 0.3 is 6.09 Å². The van der Waals surface area contributed by atoms with E-state index < -0.39 is 27.8 Å². The largest absolute Gasteiger partial charge is 0.443 e. The second kappa shape index (κ2) is 8.35. The second-order valence-electron chi connectivity index (χ2n) is 8.10. The fraction of sp³-hybridized carbons (Fsp3) is 0.571. The van der Waals surface area contributed by atoms with Crippen LogP contribution in [0.25, 0.3) is 0 Å². The SMILES string of the molecule is C#CC(C1CCCCC1)N(C(=O)OC(C)(C)C)S(=O)(=O)c1ccc(C)cc1. The Labute approximate surface area is 163 Å². The maximum atomic E-state index is 13.3. The summed E-state index contributed by atoms with van der Waals surface area (Å²) in [5, 5.41) is 0. The topological polar surface area (TPSA) is 63.7 Å². The lowest BCUT2D eigenvalue weighted by Gasteiger charge is -2.35. The van der Waals surface area contributed by atoms with Crippen LogP contribution in [0.4, 0.5) is 4.79 Å². The van der Waals surface area contributed by atoms with Gasteiger partial charge in [-0.1, -0.05) is 42.9 Å². The van der Waals surface area contributed by atoms with Crippen LogP contribution in [0.1, 0.15) is 58.4 Å². The van der Waals surface area contributed by atoms with Gasteiger partial charge < -0.3 is 4.74 Å². The molecular weight excluding hydrogens is 362 g/mol. The average Bonchev–Trinajstić information content (AvgIpc) is 2.58. The molecule has 0 radical (unpaired) electrons. The lowest BCUT2D eigenvalue weighted by molar-refractivity contribution is 0.0324. The predicted molar refractivity (Wildman–Crippen MR) is 106 cm³/mol. The third-order valence-corrected chi connectivity index (χ3v) is 6.43. The number of aryl methyl sites for hydroxylation is 1. The molecule has 148 valence electrons. The molecule has 6 heteroatoms. The standard InChI is InChI=1S/C21H29NO4S/c1-6-19(17-10-8-7-9-11-17)22(20(23)26-21(3,4)5)27(24,25)18-14-12-16(2)13-15-18/h1,12-15,17,19H,7-11H2,2-5H3. The summed E-state index contributed by atoms with van der Waals surface area (Å²) in [6.45, 7) is 6.97.